The van der Waals surface area contributed by atoms with E-state index in [1.54, 1.807) is 11.3 Å². The zero-order valence-electron chi connectivity index (χ0n) is 23.2. The van der Waals surface area contributed by atoms with Gasteiger partial charge in [-0.25, -0.2) is 9.97 Å². The van der Waals surface area contributed by atoms with Gasteiger partial charge in [0.15, 0.2) is 0 Å². The van der Waals surface area contributed by atoms with Gasteiger partial charge in [-0.3, -0.25) is 0 Å². The van der Waals surface area contributed by atoms with E-state index in [-0.39, 0.29) is 23.3 Å². The Kier molecular flexibility index (Phi) is 7.73. The number of aliphatic hydroxyl groups is 1. The van der Waals surface area contributed by atoms with Crippen LogP contribution >= 0.6 is 22.9 Å². The average Bonchev–Trinajstić information content (AvgIpc) is 3.77. The molecule has 3 aliphatic rings. The first-order valence-corrected chi connectivity index (χ1v) is 16.1. The van der Waals surface area contributed by atoms with E-state index in [1.807, 2.05) is 6.07 Å². The summed E-state index contributed by atoms with van der Waals surface area (Å²) < 4.78 is 8.04. The molecule has 0 amide bonds. The van der Waals surface area contributed by atoms with E-state index in [0.29, 0.717) is 24.3 Å². The molecule has 8 nitrogen and oxygen atoms in total. The lowest BCUT2D eigenvalue weighted by Crippen LogP contribution is -2.41. The number of hydrogen-bond donors (Lipinski definition) is 2. The maximum absolute atomic E-state index is 11.3. The van der Waals surface area contributed by atoms with Crippen LogP contribution in [0.2, 0.25) is 5.28 Å². The average molecular weight is 593 g/mol. The Morgan fingerprint density at radius 1 is 1.07 bits per heavy atom. The van der Waals surface area contributed by atoms with Crippen LogP contribution in [0.25, 0.3) is 21.6 Å². The summed E-state index contributed by atoms with van der Waals surface area (Å²) in [5.41, 5.74) is 10.3. The van der Waals surface area contributed by atoms with Crippen LogP contribution < -0.4 is 5.73 Å². The largest absolute Gasteiger partial charge is 0.393 e. The summed E-state index contributed by atoms with van der Waals surface area (Å²) in [5, 5.41) is 15.2. The molecule has 1 aliphatic carbocycles. The molecule has 3 aromatic heterocycles. The second kappa shape index (κ2) is 11.6. The number of ether oxygens (including phenoxy) is 1. The van der Waals surface area contributed by atoms with Crippen molar-refractivity contribution in [2.45, 2.75) is 63.2 Å². The van der Waals surface area contributed by atoms with Crippen molar-refractivity contribution in [2.75, 3.05) is 32.0 Å². The number of nitrogen functional groups attached to an aromatic ring is 1. The Labute approximate surface area is 249 Å². The van der Waals surface area contributed by atoms with Crippen LogP contribution in [0, 0.1) is 11.8 Å². The van der Waals surface area contributed by atoms with Gasteiger partial charge >= 0.3 is 0 Å². The van der Waals surface area contributed by atoms with Crippen molar-refractivity contribution in [3.05, 3.63) is 58.4 Å². The molecule has 7 rings (SSSR count). The SMILES string of the molecule is Nc1nc(Cl)nc2c1c(-c1nc(Cc3ccccc3)cs1)cn2[C@@H]1C[C@H](C2CCN(CC3CCCO3)CC2)[C@@H](O)C1. The molecule has 216 valence electrons. The first-order chi connectivity index (χ1) is 20.0. The summed E-state index contributed by atoms with van der Waals surface area (Å²) in [5.74, 6) is 1.17. The number of aliphatic hydroxyl groups excluding tert-OH is 1. The minimum atomic E-state index is -0.331. The number of nitrogens with zero attached hydrogens (tertiary/aromatic N) is 5. The van der Waals surface area contributed by atoms with Gasteiger partial charge in [-0.2, -0.15) is 4.98 Å². The monoisotopic (exact) mass is 592 g/mol. The molecule has 2 saturated heterocycles. The van der Waals surface area contributed by atoms with Gasteiger partial charge < -0.3 is 25.0 Å². The van der Waals surface area contributed by atoms with Gasteiger partial charge in [0.05, 0.1) is 23.3 Å². The molecule has 2 aliphatic heterocycles. The Morgan fingerprint density at radius 3 is 2.68 bits per heavy atom. The second-order valence-electron chi connectivity index (χ2n) is 12.0. The normalized spacial score (nSPS) is 25.9. The van der Waals surface area contributed by atoms with E-state index in [4.69, 9.17) is 27.1 Å². The number of fused-ring (bicyclic) bond motifs is 1. The summed E-state index contributed by atoms with van der Waals surface area (Å²) >= 11 is 7.92. The van der Waals surface area contributed by atoms with Crippen LogP contribution in [0.5, 0.6) is 0 Å². The van der Waals surface area contributed by atoms with Crippen LogP contribution in [-0.2, 0) is 11.2 Å². The number of rotatable bonds is 7. The molecule has 41 heavy (non-hydrogen) atoms. The minimum absolute atomic E-state index is 0.116. The van der Waals surface area contributed by atoms with Crippen molar-refractivity contribution < 1.29 is 9.84 Å². The topological polar surface area (TPSA) is 102 Å². The molecule has 4 atom stereocenters. The molecule has 0 radical (unpaired) electrons. The van der Waals surface area contributed by atoms with E-state index < -0.39 is 0 Å². The lowest BCUT2D eigenvalue weighted by Gasteiger charge is -2.36. The van der Waals surface area contributed by atoms with Crippen molar-refractivity contribution in [1.82, 2.24) is 24.4 Å². The van der Waals surface area contributed by atoms with Gasteiger partial charge in [0, 0.05) is 42.8 Å². The number of nitrogens with two attached hydrogens (primary N) is 1. The highest BCUT2D eigenvalue weighted by atomic mass is 35.5. The Morgan fingerprint density at radius 2 is 1.90 bits per heavy atom. The Bertz CT molecular complexity index is 1500. The number of halogens is 1. The maximum atomic E-state index is 11.3. The van der Waals surface area contributed by atoms with E-state index in [1.165, 1.54) is 18.4 Å². The summed E-state index contributed by atoms with van der Waals surface area (Å²) in [6.07, 6.45) is 9.20. The van der Waals surface area contributed by atoms with Gasteiger partial charge in [-0.15, -0.1) is 11.3 Å². The lowest BCUT2D eigenvalue weighted by atomic mass is 9.82. The van der Waals surface area contributed by atoms with Crippen molar-refractivity contribution in [3.8, 4) is 10.6 Å². The minimum Gasteiger partial charge on any atom is -0.393 e. The van der Waals surface area contributed by atoms with Crippen molar-refractivity contribution in [3.63, 3.8) is 0 Å². The molecule has 3 N–H and O–H groups in total. The number of thiazole rings is 1. The second-order valence-corrected chi connectivity index (χ2v) is 13.2. The zero-order chi connectivity index (χ0) is 27.9. The number of likely N-dealkylation sites (tertiary alicyclic amines) is 1. The molecular formula is C31H37ClN6O2S. The molecule has 0 bridgehead atoms. The van der Waals surface area contributed by atoms with Crippen LogP contribution in [0.1, 0.15) is 55.8 Å². The number of piperidine rings is 1. The van der Waals surface area contributed by atoms with Gasteiger partial charge in [-0.1, -0.05) is 30.3 Å². The highest BCUT2D eigenvalue weighted by Gasteiger charge is 2.41. The van der Waals surface area contributed by atoms with E-state index in [2.05, 4.69) is 55.3 Å². The standard InChI is InChI=1S/C31H37ClN6O2S/c32-31-35-28(33)27-25(30-34-21(18-41-30)13-19-5-2-1-3-6-19)17-38(29(27)36-31)22-14-24(26(39)15-22)20-8-10-37(11-9-20)16-23-7-4-12-40-23/h1-3,5-6,17-18,20,22-24,26,39H,4,7-16H2,(H2,33,35,36)/t22-,23?,24-,26+/m1/s1. The predicted octanol–water partition coefficient (Wildman–Crippen LogP) is 5.58. The molecule has 1 saturated carbocycles. The fraction of sp³-hybridized carbons (Fsp3) is 0.516. The van der Waals surface area contributed by atoms with Gasteiger partial charge in [0.25, 0.3) is 0 Å². The number of benzene rings is 1. The Balaban J connectivity index is 1.11. The zero-order valence-corrected chi connectivity index (χ0v) is 24.7. The summed E-state index contributed by atoms with van der Waals surface area (Å²) in [7, 11) is 0. The van der Waals surface area contributed by atoms with E-state index in [9.17, 15) is 5.11 Å². The quantitative estimate of drug-likeness (QED) is 0.270. The fourth-order valence-corrected chi connectivity index (χ4v) is 8.31. The van der Waals surface area contributed by atoms with Crippen molar-refractivity contribution in [1.29, 1.82) is 0 Å². The van der Waals surface area contributed by atoms with Crippen LogP contribution in [0.3, 0.4) is 0 Å². The summed E-state index contributed by atoms with van der Waals surface area (Å²) in [6.45, 7) is 4.13. The molecule has 3 fully saturated rings. The maximum Gasteiger partial charge on any atom is 0.226 e. The molecule has 1 unspecified atom stereocenters. The number of hydrogen-bond acceptors (Lipinski definition) is 8. The fourth-order valence-electron chi connectivity index (χ4n) is 7.30. The highest BCUT2D eigenvalue weighted by Crippen LogP contribution is 2.45. The smallest absolute Gasteiger partial charge is 0.226 e. The molecule has 1 aromatic carbocycles. The first-order valence-electron chi connectivity index (χ1n) is 14.9. The predicted molar refractivity (Wildman–Crippen MR) is 163 cm³/mol. The number of aromatic nitrogens is 4. The summed E-state index contributed by atoms with van der Waals surface area (Å²) in [6, 6.07) is 10.5. The number of anilines is 1. The van der Waals surface area contributed by atoms with Gasteiger partial charge in [0.2, 0.25) is 5.28 Å². The molecule has 4 aromatic rings. The third-order valence-electron chi connectivity index (χ3n) is 9.35. The molecule has 0 spiro atoms. The van der Waals surface area contributed by atoms with Crippen LogP contribution in [-0.4, -0.2) is 68.0 Å². The lowest BCUT2D eigenvalue weighted by molar-refractivity contribution is 0.0361. The van der Waals surface area contributed by atoms with E-state index in [0.717, 1.165) is 79.2 Å². The van der Waals surface area contributed by atoms with Crippen molar-refractivity contribution >= 4 is 39.8 Å². The Hall–Kier alpha value is -2.56. The van der Waals surface area contributed by atoms with Crippen LogP contribution in [0.4, 0.5) is 5.82 Å². The molecular weight excluding hydrogens is 556 g/mol. The van der Waals surface area contributed by atoms with Gasteiger partial charge in [0.1, 0.15) is 16.5 Å². The third-order valence-corrected chi connectivity index (χ3v) is 10.4. The summed E-state index contributed by atoms with van der Waals surface area (Å²) in [4.78, 5) is 16.4. The highest BCUT2D eigenvalue weighted by molar-refractivity contribution is 7.13. The third kappa shape index (κ3) is 5.62. The van der Waals surface area contributed by atoms with Gasteiger partial charge in [-0.05, 0) is 80.6 Å². The van der Waals surface area contributed by atoms with Crippen molar-refractivity contribution in [2.24, 2.45) is 11.8 Å². The van der Waals surface area contributed by atoms with Crippen LogP contribution in [0.15, 0.2) is 41.9 Å². The first kappa shape index (κ1) is 27.3. The van der Waals surface area contributed by atoms with E-state index >= 15 is 0 Å². The molecule has 5 heterocycles. The molecule has 10 heteroatoms.